The molecule has 0 heterocycles. The first kappa shape index (κ1) is 11.9. The smallest absolute Gasteiger partial charge is 0.322 e. The Kier molecular flexibility index (Phi) is 3.85. The monoisotopic (exact) mass is 221 g/mol. The molecule has 0 saturated heterocycles. The summed E-state index contributed by atoms with van der Waals surface area (Å²) in [5.74, 6) is -0.0763. The number of hydrogen-bond acceptors (Lipinski definition) is 3. The maximum Gasteiger partial charge on any atom is 0.322 e. The van der Waals surface area contributed by atoms with Crippen molar-refractivity contribution in [1.82, 2.24) is 0 Å². The van der Waals surface area contributed by atoms with Gasteiger partial charge in [0.1, 0.15) is 11.5 Å². The molecule has 82 valence electrons. The Hall–Kier alpha value is -0.210. The Bertz CT molecular complexity index is 219. The minimum Gasteiger partial charge on any atom is -0.468 e. The van der Waals surface area contributed by atoms with Crippen LogP contribution in [0.4, 0.5) is 4.39 Å². The van der Waals surface area contributed by atoms with Gasteiger partial charge in [-0.05, 0) is 12.3 Å². The van der Waals surface area contributed by atoms with E-state index < -0.39 is 17.4 Å². The van der Waals surface area contributed by atoms with E-state index in [2.05, 4.69) is 14.0 Å². The molecule has 0 aromatic carbocycles. The largest absolute Gasteiger partial charge is 0.468 e. The van der Waals surface area contributed by atoms with Gasteiger partial charge in [0, 0.05) is 6.42 Å². The van der Waals surface area contributed by atoms with Crippen LogP contribution >= 0.6 is 9.24 Å². The van der Waals surface area contributed by atoms with Gasteiger partial charge >= 0.3 is 5.97 Å². The lowest BCUT2D eigenvalue weighted by atomic mass is 10.1. The van der Waals surface area contributed by atoms with Gasteiger partial charge in [0.05, 0.1) is 7.11 Å². The van der Waals surface area contributed by atoms with Crippen LogP contribution in [0.15, 0.2) is 0 Å². The fourth-order valence-corrected chi connectivity index (χ4v) is 2.07. The van der Waals surface area contributed by atoms with Gasteiger partial charge in [-0.15, -0.1) is 0 Å². The third-order valence-corrected chi connectivity index (χ3v) is 2.86. The number of alkyl halides is 1. The molecule has 1 fully saturated rings. The summed E-state index contributed by atoms with van der Waals surface area (Å²) in [7, 11) is 3.41. The summed E-state index contributed by atoms with van der Waals surface area (Å²) in [6.07, 6.45) is 2.67. The molecule has 3 unspecified atom stereocenters. The number of rotatable bonds is 5. The maximum absolute atomic E-state index is 13.8. The van der Waals surface area contributed by atoms with Crippen molar-refractivity contribution in [2.75, 3.05) is 7.11 Å². The van der Waals surface area contributed by atoms with Gasteiger partial charge in [-0.2, -0.15) is 0 Å². The molecule has 1 aliphatic carbocycles. The van der Waals surface area contributed by atoms with Crippen LogP contribution in [-0.4, -0.2) is 24.5 Å². The van der Waals surface area contributed by atoms with Gasteiger partial charge in [0.15, 0.2) is 0 Å². The summed E-state index contributed by atoms with van der Waals surface area (Å²) in [5.41, 5.74) is 5.48. The summed E-state index contributed by atoms with van der Waals surface area (Å²) in [5, 5.41) is -1.42. The van der Waals surface area contributed by atoms with Crippen molar-refractivity contribution in [2.45, 2.75) is 37.1 Å². The van der Waals surface area contributed by atoms with E-state index in [1.807, 2.05) is 0 Å². The van der Waals surface area contributed by atoms with Crippen molar-refractivity contribution in [3.05, 3.63) is 0 Å². The molecular formula is C9H17FNO2P. The molecule has 0 spiro atoms. The van der Waals surface area contributed by atoms with Gasteiger partial charge in [-0.3, -0.25) is 4.79 Å². The van der Waals surface area contributed by atoms with E-state index in [9.17, 15) is 9.18 Å². The number of halogens is 1. The second-order valence-corrected chi connectivity index (χ2v) is 5.05. The Morgan fingerprint density at radius 3 is 2.79 bits per heavy atom. The lowest BCUT2D eigenvalue weighted by molar-refractivity contribution is -0.142. The highest BCUT2D eigenvalue weighted by Crippen LogP contribution is 2.43. The third kappa shape index (κ3) is 3.89. The zero-order valence-corrected chi connectivity index (χ0v) is 9.49. The molecule has 0 radical (unpaired) electrons. The molecule has 0 aromatic heterocycles. The van der Waals surface area contributed by atoms with E-state index in [0.717, 1.165) is 12.8 Å². The van der Waals surface area contributed by atoms with Crippen molar-refractivity contribution in [3.8, 4) is 0 Å². The van der Waals surface area contributed by atoms with Crippen LogP contribution in [0.5, 0.6) is 0 Å². The molecule has 0 amide bonds. The average Bonchev–Trinajstić information content (AvgIpc) is 2.84. The zero-order chi connectivity index (χ0) is 10.8. The van der Waals surface area contributed by atoms with Gasteiger partial charge < -0.3 is 10.5 Å². The van der Waals surface area contributed by atoms with E-state index >= 15 is 0 Å². The molecule has 0 aliphatic heterocycles. The van der Waals surface area contributed by atoms with Crippen molar-refractivity contribution in [1.29, 1.82) is 0 Å². The van der Waals surface area contributed by atoms with Crippen LogP contribution < -0.4 is 5.73 Å². The number of esters is 1. The zero-order valence-electron chi connectivity index (χ0n) is 8.33. The predicted molar refractivity (Wildman–Crippen MR) is 55.5 cm³/mol. The summed E-state index contributed by atoms with van der Waals surface area (Å²) >= 11 is 0. The Morgan fingerprint density at radius 1 is 1.79 bits per heavy atom. The molecule has 0 bridgehead atoms. The fourth-order valence-electron chi connectivity index (χ4n) is 1.49. The highest BCUT2D eigenvalue weighted by atomic mass is 31.0. The molecule has 14 heavy (non-hydrogen) atoms. The summed E-state index contributed by atoms with van der Waals surface area (Å²) in [6.45, 7) is 0. The van der Waals surface area contributed by atoms with E-state index in [1.54, 1.807) is 0 Å². The van der Waals surface area contributed by atoms with Crippen LogP contribution in [0.2, 0.25) is 0 Å². The summed E-state index contributed by atoms with van der Waals surface area (Å²) in [4.78, 5) is 11.0. The van der Waals surface area contributed by atoms with E-state index in [0.29, 0.717) is 12.3 Å². The van der Waals surface area contributed by atoms with Crippen molar-refractivity contribution in [3.63, 3.8) is 0 Å². The minimum atomic E-state index is -1.42. The van der Waals surface area contributed by atoms with E-state index in [4.69, 9.17) is 5.73 Å². The number of carbonyl (C=O) groups is 1. The van der Waals surface area contributed by atoms with Crippen molar-refractivity contribution >= 4 is 15.2 Å². The van der Waals surface area contributed by atoms with Crippen LogP contribution in [0.1, 0.15) is 25.7 Å². The number of nitrogens with two attached hydrogens (primary N) is 1. The fraction of sp³-hybridized carbons (Fsp3) is 0.889. The lowest BCUT2D eigenvalue weighted by Crippen LogP contribution is -2.37. The minimum absolute atomic E-state index is 0.0147. The molecule has 1 saturated carbocycles. The van der Waals surface area contributed by atoms with Gasteiger partial charge in [0.25, 0.3) is 0 Å². The van der Waals surface area contributed by atoms with Crippen LogP contribution in [0, 0.1) is 5.92 Å². The first-order valence-electron chi connectivity index (χ1n) is 4.76. The normalized spacial score (nSPS) is 22.6. The summed E-state index contributed by atoms with van der Waals surface area (Å²) < 4.78 is 18.2. The molecule has 0 aromatic rings. The highest BCUT2D eigenvalue weighted by molar-refractivity contribution is 7.18. The van der Waals surface area contributed by atoms with Gasteiger partial charge in [-0.25, -0.2) is 4.39 Å². The second-order valence-electron chi connectivity index (χ2n) is 4.02. The molecule has 2 N–H and O–H groups in total. The Labute approximate surface area is 85.8 Å². The van der Waals surface area contributed by atoms with E-state index in [-0.39, 0.29) is 6.42 Å². The standard InChI is InChI=1S/C9H17FNO2P/c1-13-8(12)7(11)5-9(10,14)4-6-2-3-6/h6-7H,2-5,11,14H2,1H3. The van der Waals surface area contributed by atoms with Crippen molar-refractivity contribution < 1.29 is 13.9 Å². The highest BCUT2D eigenvalue weighted by Gasteiger charge is 2.36. The molecule has 3 nitrogen and oxygen atoms in total. The first-order valence-corrected chi connectivity index (χ1v) is 5.33. The third-order valence-electron chi connectivity index (χ3n) is 2.39. The average molecular weight is 221 g/mol. The molecule has 5 heteroatoms. The SMILES string of the molecule is COC(=O)C(N)CC(F)(P)CC1CC1. The number of hydrogen-bond donors (Lipinski definition) is 1. The van der Waals surface area contributed by atoms with Gasteiger partial charge in [0.2, 0.25) is 0 Å². The van der Waals surface area contributed by atoms with Crippen LogP contribution in [0.25, 0.3) is 0 Å². The van der Waals surface area contributed by atoms with Crippen molar-refractivity contribution in [2.24, 2.45) is 11.7 Å². The number of methoxy groups -OCH3 is 1. The quantitative estimate of drug-likeness (QED) is 0.561. The maximum atomic E-state index is 13.8. The summed E-state index contributed by atoms with van der Waals surface area (Å²) in [6, 6.07) is -0.860. The predicted octanol–water partition coefficient (Wildman–Crippen LogP) is 1.22. The van der Waals surface area contributed by atoms with Gasteiger partial charge in [-0.1, -0.05) is 22.1 Å². The molecule has 1 rings (SSSR count). The first-order chi connectivity index (χ1) is 6.44. The number of ether oxygens (including phenoxy) is 1. The number of carbonyl (C=O) groups excluding carboxylic acids is 1. The molecule has 3 atom stereocenters. The topological polar surface area (TPSA) is 52.3 Å². The van der Waals surface area contributed by atoms with Crippen LogP contribution in [-0.2, 0) is 9.53 Å². The Balaban J connectivity index is 2.35. The van der Waals surface area contributed by atoms with Crippen LogP contribution in [0.3, 0.4) is 0 Å². The Morgan fingerprint density at radius 2 is 2.36 bits per heavy atom. The molecular weight excluding hydrogens is 204 g/mol. The molecule has 1 aliphatic rings. The second kappa shape index (κ2) is 4.54. The lowest BCUT2D eigenvalue weighted by Gasteiger charge is -2.22. The van der Waals surface area contributed by atoms with E-state index in [1.165, 1.54) is 7.11 Å².